The number of esters is 1. The van der Waals surface area contributed by atoms with Crippen molar-refractivity contribution in [2.75, 3.05) is 18.9 Å². The summed E-state index contributed by atoms with van der Waals surface area (Å²) in [6.45, 7) is 0.887. The lowest BCUT2D eigenvalue weighted by molar-refractivity contribution is -0.145. The molecule has 31 heavy (non-hydrogen) atoms. The van der Waals surface area contributed by atoms with Gasteiger partial charge in [0, 0.05) is 23.7 Å². The Morgan fingerprint density at radius 1 is 1.10 bits per heavy atom. The molecule has 0 radical (unpaired) electrons. The van der Waals surface area contributed by atoms with Crippen LogP contribution in [0.4, 0.5) is 10.8 Å². The third-order valence-electron chi connectivity index (χ3n) is 4.28. The van der Waals surface area contributed by atoms with E-state index in [1.807, 2.05) is 30.3 Å². The van der Waals surface area contributed by atoms with Crippen LogP contribution in [0, 0.1) is 0 Å². The van der Waals surface area contributed by atoms with Crippen LogP contribution in [0.3, 0.4) is 0 Å². The van der Waals surface area contributed by atoms with Crippen LogP contribution in [0.25, 0.3) is 0 Å². The fourth-order valence-electron chi connectivity index (χ4n) is 2.58. The molecule has 1 aromatic heterocycles. The van der Waals surface area contributed by atoms with E-state index in [0.717, 1.165) is 9.99 Å². The van der Waals surface area contributed by atoms with Gasteiger partial charge in [-0.1, -0.05) is 30.3 Å². The van der Waals surface area contributed by atoms with Crippen LogP contribution in [0.5, 0.6) is 0 Å². The number of sulfonamides is 1. The number of aromatic nitrogens is 1. The van der Waals surface area contributed by atoms with Crippen molar-refractivity contribution in [3.8, 4) is 0 Å². The molecule has 1 heterocycles. The van der Waals surface area contributed by atoms with Crippen molar-refractivity contribution < 1.29 is 22.7 Å². The Morgan fingerprint density at radius 2 is 1.77 bits per heavy atom. The van der Waals surface area contributed by atoms with Crippen LogP contribution in [0.2, 0.25) is 0 Å². The molecule has 0 aliphatic heterocycles. The maximum absolute atomic E-state index is 12.6. The largest absolute Gasteiger partial charge is 0.458 e. The lowest BCUT2D eigenvalue weighted by Crippen LogP contribution is -2.33. The van der Waals surface area contributed by atoms with Gasteiger partial charge in [-0.3, -0.25) is 9.59 Å². The first kappa shape index (κ1) is 22.6. The Balaban J connectivity index is 1.53. The Bertz CT molecular complexity index is 1160. The van der Waals surface area contributed by atoms with E-state index in [4.69, 9.17) is 4.74 Å². The van der Waals surface area contributed by atoms with Crippen LogP contribution in [0.15, 0.2) is 64.9 Å². The van der Waals surface area contributed by atoms with Crippen molar-refractivity contribution in [1.29, 1.82) is 0 Å². The number of rotatable bonds is 9. The van der Waals surface area contributed by atoms with Gasteiger partial charge >= 0.3 is 5.97 Å². The Kier molecular flexibility index (Phi) is 7.16. The number of ether oxygens (including phenoxy) is 1. The summed E-state index contributed by atoms with van der Waals surface area (Å²) in [6.07, 6.45) is 0. The second kappa shape index (κ2) is 9.82. The smallest absolute Gasteiger partial charge is 0.321 e. The fraction of sp³-hybridized carbons (Fsp3) is 0.190. The normalized spacial score (nSPS) is 11.3. The van der Waals surface area contributed by atoms with Crippen molar-refractivity contribution in [2.45, 2.75) is 18.4 Å². The molecule has 0 aliphatic carbocycles. The van der Waals surface area contributed by atoms with Gasteiger partial charge in [0.2, 0.25) is 10.0 Å². The molecule has 3 aromatic rings. The monoisotopic (exact) mass is 459 g/mol. The Morgan fingerprint density at radius 3 is 2.42 bits per heavy atom. The highest BCUT2D eigenvalue weighted by Gasteiger charge is 2.24. The topological polar surface area (TPSA) is 106 Å². The number of carbonyl (C=O) groups is 2. The number of nitrogens with zero attached hydrogens (tertiary/aromatic N) is 2. The van der Waals surface area contributed by atoms with Crippen molar-refractivity contribution in [1.82, 2.24) is 9.29 Å². The molecule has 0 atom stereocenters. The number of hydrogen-bond acceptors (Lipinski definition) is 8. The van der Waals surface area contributed by atoms with Gasteiger partial charge in [-0.05, 0) is 31.2 Å². The number of likely N-dealkylation sites (N-methyl/N-ethyl adjacent to an activating group) is 1. The molecule has 3 rings (SSSR count). The van der Waals surface area contributed by atoms with Gasteiger partial charge in [0.15, 0.2) is 10.9 Å². The van der Waals surface area contributed by atoms with Gasteiger partial charge in [0.05, 0.1) is 10.6 Å². The maximum atomic E-state index is 12.6. The summed E-state index contributed by atoms with van der Waals surface area (Å²) in [5.74, 6) is -0.859. The Hall–Kier alpha value is -3.08. The first-order chi connectivity index (χ1) is 14.8. The third-order valence-corrected chi connectivity index (χ3v) is 6.90. The molecular weight excluding hydrogens is 438 g/mol. The van der Waals surface area contributed by atoms with E-state index in [9.17, 15) is 18.0 Å². The number of ketones is 1. The summed E-state index contributed by atoms with van der Waals surface area (Å²) in [6, 6.07) is 15.1. The minimum atomic E-state index is -3.89. The lowest BCUT2D eigenvalue weighted by Gasteiger charge is -2.16. The molecule has 10 heteroatoms. The molecular formula is C21H21N3O5S2. The average molecular weight is 460 g/mol. The van der Waals surface area contributed by atoms with Gasteiger partial charge in [-0.2, -0.15) is 4.31 Å². The van der Waals surface area contributed by atoms with Crippen LogP contribution in [-0.2, 0) is 26.2 Å². The second-order valence-electron chi connectivity index (χ2n) is 6.64. The van der Waals surface area contributed by atoms with E-state index >= 15 is 0 Å². The quantitative estimate of drug-likeness (QED) is 0.386. The summed E-state index contributed by atoms with van der Waals surface area (Å²) in [5, 5.41) is 5.57. The summed E-state index contributed by atoms with van der Waals surface area (Å²) in [7, 11) is -2.60. The molecule has 0 unspecified atom stereocenters. The number of benzene rings is 2. The zero-order chi connectivity index (χ0) is 22.4. The summed E-state index contributed by atoms with van der Waals surface area (Å²) in [5.41, 5.74) is 1.86. The summed E-state index contributed by atoms with van der Waals surface area (Å²) in [4.78, 5) is 27.8. The number of nitrogens with one attached hydrogen (secondary N) is 1. The molecule has 162 valence electrons. The van der Waals surface area contributed by atoms with E-state index in [-0.39, 0.29) is 17.3 Å². The number of Topliss-reactive ketones (excluding diaryl/α,β-unsaturated/α-hetero) is 1. The molecule has 8 nitrogen and oxygen atoms in total. The lowest BCUT2D eigenvalue weighted by atomic mass is 10.2. The average Bonchev–Trinajstić information content (AvgIpc) is 3.20. The van der Waals surface area contributed by atoms with Crippen molar-refractivity contribution >= 4 is 43.9 Å². The predicted octanol–water partition coefficient (Wildman–Crippen LogP) is 3.45. The first-order valence-corrected chi connectivity index (χ1v) is 11.6. The predicted molar refractivity (Wildman–Crippen MR) is 118 cm³/mol. The molecule has 0 aliphatic rings. The zero-order valence-corrected chi connectivity index (χ0v) is 18.6. The highest BCUT2D eigenvalue weighted by molar-refractivity contribution is 7.89. The van der Waals surface area contributed by atoms with E-state index in [0.29, 0.717) is 16.4 Å². The molecule has 0 amide bonds. The highest BCUT2D eigenvalue weighted by Crippen LogP contribution is 2.21. The van der Waals surface area contributed by atoms with Gasteiger partial charge in [0.1, 0.15) is 13.2 Å². The fourth-order valence-corrected chi connectivity index (χ4v) is 4.41. The molecule has 1 N–H and O–H groups in total. The molecule has 0 bridgehead atoms. The van der Waals surface area contributed by atoms with Gasteiger partial charge in [-0.15, -0.1) is 11.3 Å². The van der Waals surface area contributed by atoms with Gasteiger partial charge in [0.25, 0.3) is 0 Å². The molecule has 0 spiro atoms. The minimum Gasteiger partial charge on any atom is -0.458 e. The third kappa shape index (κ3) is 5.97. The number of thiazole rings is 1. The first-order valence-electron chi connectivity index (χ1n) is 9.25. The van der Waals surface area contributed by atoms with Crippen LogP contribution >= 0.6 is 11.3 Å². The molecule has 0 saturated heterocycles. The van der Waals surface area contributed by atoms with E-state index in [1.54, 1.807) is 5.38 Å². The minimum absolute atomic E-state index is 0.0103. The van der Waals surface area contributed by atoms with Crippen LogP contribution < -0.4 is 5.32 Å². The van der Waals surface area contributed by atoms with Crippen molar-refractivity contribution in [2.24, 2.45) is 0 Å². The second-order valence-corrected chi connectivity index (χ2v) is 9.54. The highest BCUT2D eigenvalue weighted by atomic mass is 32.2. The van der Waals surface area contributed by atoms with Crippen LogP contribution in [0.1, 0.15) is 23.0 Å². The van der Waals surface area contributed by atoms with Gasteiger partial charge < -0.3 is 10.1 Å². The number of anilines is 2. The van der Waals surface area contributed by atoms with E-state index in [1.165, 1.54) is 49.6 Å². The van der Waals surface area contributed by atoms with Crippen LogP contribution in [-0.4, -0.2) is 43.1 Å². The number of carbonyl (C=O) groups excluding carboxylic acids is 2. The van der Waals surface area contributed by atoms with E-state index in [2.05, 4.69) is 10.3 Å². The Labute approximate surface area is 184 Å². The standard InChI is InChI=1S/C21H21N3O5S2/c1-15(25)16-8-10-19(11-9-16)31(27,28)24(2)12-20(26)29-13-18-14-30-21(23-18)22-17-6-4-3-5-7-17/h3-11,14H,12-13H2,1-2H3,(H,22,23). The number of hydrogen-bond donors (Lipinski definition) is 1. The summed E-state index contributed by atoms with van der Waals surface area (Å²) >= 11 is 1.37. The molecule has 2 aromatic carbocycles. The van der Waals surface area contributed by atoms with Gasteiger partial charge in [-0.25, -0.2) is 13.4 Å². The maximum Gasteiger partial charge on any atom is 0.321 e. The van der Waals surface area contributed by atoms with E-state index < -0.39 is 22.5 Å². The van der Waals surface area contributed by atoms with Crippen molar-refractivity contribution in [3.05, 3.63) is 71.2 Å². The molecule has 0 fully saturated rings. The zero-order valence-electron chi connectivity index (χ0n) is 16.9. The SMILES string of the molecule is CC(=O)c1ccc(S(=O)(=O)N(C)CC(=O)OCc2csc(Nc3ccccc3)n2)cc1. The molecule has 0 saturated carbocycles. The number of para-hydroxylation sites is 1. The van der Waals surface area contributed by atoms with Crippen molar-refractivity contribution in [3.63, 3.8) is 0 Å². The summed E-state index contributed by atoms with van der Waals surface area (Å²) < 4.78 is 31.3.